The van der Waals surface area contributed by atoms with Crippen LogP contribution in [0.1, 0.15) is 42.2 Å². The number of methoxy groups -OCH3 is 1. The van der Waals surface area contributed by atoms with Crippen molar-refractivity contribution in [3.8, 4) is 5.75 Å². The Hall–Kier alpha value is -3.40. The van der Waals surface area contributed by atoms with Crippen molar-refractivity contribution >= 4 is 28.0 Å². The number of carbonyl (C=O) groups excluding carboxylic acids is 1. The number of aryl methyl sites for hydroxylation is 2. The van der Waals surface area contributed by atoms with E-state index in [4.69, 9.17) is 4.18 Å². The third kappa shape index (κ3) is 3.96. The third-order valence-electron chi connectivity index (χ3n) is 3.81. The highest BCUT2D eigenvalue weighted by Gasteiger charge is 2.32. The number of carbonyl (C=O) groups is 3. The SMILES string of the molecule is COC(=O)c1cc(C)c(C(=O)O)c(OS(=O)(=O)c2ccc(C)cc2)c1C(=O)O. The molecule has 0 saturated heterocycles. The van der Waals surface area contributed by atoms with Crippen molar-refractivity contribution in [2.24, 2.45) is 0 Å². The Kier molecular flexibility index (Phi) is 5.74. The number of carboxylic acid groups (broad SMARTS) is 2. The fourth-order valence-electron chi connectivity index (χ4n) is 2.48. The first-order valence-electron chi connectivity index (χ1n) is 7.73. The van der Waals surface area contributed by atoms with Crippen LogP contribution in [0.15, 0.2) is 35.2 Å². The Labute approximate surface area is 160 Å². The molecule has 28 heavy (non-hydrogen) atoms. The van der Waals surface area contributed by atoms with Gasteiger partial charge in [-0.05, 0) is 37.6 Å². The number of rotatable bonds is 6. The Morgan fingerprint density at radius 3 is 1.93 bits per heavy atom. The van der Waals surface area contributed by atoms with Gasteiger partial charge < -0.3 is 19.1 Å². The minimum atomic E-state index is -4.59. The van der Waals surface area contributed by atoms with E-state index in [1.165, 1.54) is 31.2 Å². The van der Waals surface area contributed by atoms with Crippen LogP contribution in [0.4, 0.5) is 0 Å². The van der Waals surface area contributed by atoms with Gasteiger partial charge in [-0.3, -0.25) is 0 Å². The van der Waals surface area contributed by atoms with Crippen molar-refractivity contribution < 1.29 is 41.9 Å². The van der Waals surface area contributed by atoms with Crippen molar-refractivity contribution in [2.45, 2.75) is 18.7 Å². The Morgan fingerprint density at radius 1 is 0.929 bits per heavy atom. The molecule has 2 rings (SSSR count). The number of benzene rings is 2. The van der Waals surface area contributed by atoms with Crippen LogP contribution >= 0.6 is 0 Å². The zero-order valence-electron chi connectivity index (χ0n) is 15.0. The average molecular weight is 408 g/mol. The van der Waals surface area contributed by atoms with E-state index in [9.17, 15) is 33.0 Å². The van der Waals surface area contributed by atoms with E-state index in [2.05, 4.69) is 4.74 Å². The molecule has 148 valence electrons. The molecule has 0 atom stereocenters. The summed E-state index contributed by atoms with van der Waals surface area (Å²) < 4.78 is 34.6. The van der Waals surface area contributed by atoms with Gasteiger partial charge in [0.1, 0.15) is 16.0 Å². The smallest absolute Gasteiger partial charge is 0.340 e. The van der Waals surface area contributed by atoms with E-state index < -0.39 is 50.5 Å². The zero-order valence-corrected chi connectivity index (χ0v) is 15.9. The van der Waals surface area contributed by atoms with Gasteiger partial charge in [0.25, 0.3) is 0 Å². The minimum absolute atomic E-state index is 0.0768. The molecule has 0 bridgehead atoms. The largest absolute Gasteiger partial charge is 0.478 e. The highest BCUT2D eigenvalue weighted by molar-refractivity contribution is 7.87. The summed E-state index contributed by atoms with van der Waals surface area (Å²) >= 11 is 0. The summed E-state index contributed by atoms with van der Waals surface area (Å²) in [6, 6.07) is 6.42. The van der Waals surface area contributed by atoms with Crippen molar-refractivity contribution in [1.29, 1.82) is 0 Å². The lowest BCUT2D eigenvalue weighted by molar-refractivity contribution is 0.0579. The molecule has 0 aliphatic heterocycles. The molecule has 0 saturated carbocycles. The summed E-state index contributed by atoms with van der Waals surface area (Å²) in [5, 5.41) is 19.0. The van der Waals surface area contributed by atoms with E-state index in [0.717, 1.165) is 18.7 Å². The normalized spacial score (nSPS) is 11.0. The summed E-state index contributed by atoms with van der Waals surface area (Å²) in [5.41, 5.74) is -1.47. The van der Waals surface area contributed by atoms with Gasteiger partial charge in [-0.1, -0.05) is 17.7 Å². The van der Waals surface area contributed by atoms with Crippen molar-refractivity contribution in [3.05, 3.63) is 58.1 Å². The van der Waals surface area contributed by atoms with Crippen LogP contribution in [-0.4, -0.2) is 43.6 Å². The van der Waals surface area contributed by atoms with E-state index in [-0.39, 0.29) is 10.5 Å². The van der Waals surface area contributed by atoms with Gasteiger partial charge in [0, 0.05) is 0 Å². The van der Waals surface area contributed by atoms with E-state index in [1.807, 2.05) is 0 Å². The van der Waals surface area contributed by atoms with Crippen LogP contribution < -0.4 is 4.18 Å². The van der Waals surface area contributed by atoms with Gasteiger partial charge in [0.05, 0.1) is 12.7 Å². The first-order valence-corrected chi connectivity index (χ1v) is 9.14. The predicted octanol–water partition coefficient (Wildman–Crippen LogP) is 2.25. The highest BCUT2D eigenvalue weighted by Crippen LogP contribution is 2.33. The van der Waals surface area contributed by atoms with Crippen LogP contribution in [0.25, 0.3) is 0 Å². The Morgan fingerprint density at radius 2 is 1.46 bits per heavy atom. The molecule has 0 radical (unpaired) electrons. The molecule has 0 aliphatic carbocycles. The summed E-state index contributed by atoms with van der Waals surface area (Å²) in [6.45, 7) is 3.00. The van der Waals surface area contributed by atoms with Gasteiger partial charge in [-0.2, -0.15) is 8.42 Å². The maximum atomic E-state index is 12.6. The Balaban J connectivity index is 2.81. The standard InChI is InChI=1S/C18H16O9S/c1-9-4-6-11(7-5-9)28(24,25)27-15-13(16(19)20)10(2)8-12(18(23)26-3)14(15)17(21)22/h4-8H,1-3H3,(H,19,20)(H,21,22). The first kappa shape index (κ1) is 20.9. The van der Waals surface area contributed by atoms with Crippen molar-refractivity contribution in [1.82, 2.24) is 0 Å². The van der Waals surface area contributed by atoms with E-state index in [1.54, 1.807) is 6.92 Å². The van der Waals surface area contributed by atoms with Crippen LogP contribution in [-0.2, 0) is 14.9 Å². The second kappa shape index (κ2) is 7.69. The maximum absolute atomic E-state index is 12.6. The van der Waals surface area contributed by atoms with Crippen LogP contribution in [0.2, 0.25) is 0 Å². The number of ether oxygens (including phenoxy) is 1. The molecule has 0 heterocycles. The summed E-state index contributed by atoms with van der Waals surface area (Å²) in [6.07, 6.45) is 0. The van der Waals surface area contributed by atoms with E-state index >= 15 is 0 Å². The Bertz CT molecular complexity index is 1070. The van der Waals surface area contributed by atoms with Gasteiger partial charge in [-0.25, -0.2) is 14.4 Å². The molecular weight excluding hydrogens is 392 g/mol. The maximum Gasteiger partial charge on any atom is 0.340 e. The fraction of sp³-hybridized carbons (Fsp3) is 0.167. The second-order valence-electron chi connectivity index (χ2n) is 5.77. The van der Waals surface area contributed by atoms with Gasteiger partial charge in [0.2, 0.25) is 0 Å². The lowest BCUT2D eigenvalue weighted by atomic mass is 9.97. The second-order valence-corrected chi connectivity index (χ2v) is 7.32. The molecule has 0 fully saturated rings. The van der Waals surface area contributed by atoms with Crippen LogP contribution in [0, 0.1) is 13.8 Å². The van der Waals surface area contributed by atoms with E-state index in [0.29, 0.717) is 0 Å². The third-order valence-corrected chi connectivity index (χ3v) is 5.05. The van der Waals surface area contributed by atoms with Crippen LogP contribution in [0.3, 0.4) is 0 Å². The summed E-state index contributed by atoms with van der Waals surface area (Å²) in [5.74, 6) is -5.43. The predicted molar refractivity (Wildman–Crippen MR) is 95.4 cm³/mol. The first-order chi connectivity index (χ1) is 13.0. The molecule has 0 aliphatic rings. The lowest BCUT2D eigenvalue weighted by Crippen LogP contribution is -2.20. The monoisotopic (exact) mass is 408 g/mol. The topological polar surface area (TPSA) is 144 Å². The molecule has 0 aromatic heterocycles. The number of carboxylic acids is 2. The molecule has 0 amide bonds. The molecule has 2 N–H and O–H groups in total. The fourth-order valence-corrected chi connectivity index (χ4v) is 3.43. The van der Waals surface area contributed by atoms with Gasteiger partial charge in [0.15, 0.2) is 5.75 Å². The van der Waals surface area contributed by atoms with Crippen LogP contribution in [0.5, 0.6) is 5.75 Å². The molecule has 2 aromatic carbocycles. The number of hydrogen-bond donors (Lipinski definition) is 2. The summed E-state index contributed by atoms with van der Waals surface area (Å²) in [4.78, 5) is 35.0. The number of aromatic carboxylic acids is 2. The van der Waals surface area contributed by atoms with Gasteiger partial charge >= 0.3 is 28.0 Å². The molecule has 9 nitrogen and oxygen atoms in total. The molecule has 2 aromatic rings. The summed E-state index contributed by atoms with van der Waals surface area (Å²) in [7, 11) is -3.59. The molecule has 10 heteroatoms. The molecular formula is C18H16O9S. The number of hydrogen-bond acceptors (Lipinski definition) is 7. The zero-order chi connectivity index (χ0) is 21.2. The van der Waals surface area contributed by atoms with Gasteiger partial charge in [-0.15, -0.1) is 0 Å². The molecule has 0 unspecified atom stereocenters. The minimum Gasteiger partial charge on any atom is -0.478 e. The lowest BCUT2D eigenvalue weighted by Gasteiger charge is -2.16. The average Bonchev–Trinajstić information content (AvgIpc) is 2.59. The quantitative estimate of drug-likeness (QED) is 0.543. The number of esters is 1. The molecule has 0 spiro atoms. The highest BCUT2D eigenvalue weighted by atomic mass is 32.2. The van der Waals surface area contributed by atoms with Crippen molar-refractivity contribution in [3.63, 3.8) is 0 Å². The van der Waals surface area contributed by atoms with Crippen molar-refractivity contribution in [2.75, 3.05) is 7.11 Å².